The summed E-state index contributed by atoms with van der Waals surface area (Å²) in [5.41, 5.74) is 8.95. The number of hydrogen-bond acceptors (Lipinski definition) is 14. The molecule has 3 saturated heterocycles. The number of nitrogens with zero attached hydrogens (tertiary/aromatic N) is 2. The van der Waals surface area contributed by atoms with Crippen molar-refractivity contribution in [1.29, 1.82) is 0 Å². The topological polar surface area (TPSA) is 318 Å². The first kappa shape index (κ1) is 68.0. The second-order valence-electron chi connectivity index (χ2n) is 25.2. The van der Waals surface area contributed by atoms with E-state index < -0.39 is 109 Å². The summed E-state index contributed by atoms with van der Waals surface area (Å²) in [7, 11) is 0. The van der Waals surface area contributed by atoms with Crippen LogP contribution >= 0.6 is 23.5 Å². The maximum absolute atomic E-state index is 15.2. The van der Waals surface area contributed by atoms with E-state index in [1.165, 1.54) is 23.1 Å². The fraction of sp³-hybridized carbons (Fsp3) is 0.641. The molecular weight excluding hydrogens is 1200 g/mol. The van der Waals surface area contributed by atoms with Crippen LogP contribution in [0.1, 0.15) is 126 Å². The Morgan fingerprint density at radius 2 is 1.29 bits per heavy atom. The minimum absolute atomic E-state index is 0.00227. The third-order valence-electron chi connectivity index (χ3n) is 18.7. The highest BCUT2D eigenvalue weighted by Gasteiger charge is 2.46. The Labute approximate surface area is 533 Å². The van der Waals surface area contributed by atoms with Gasteiger partial charge in [-0.05, 0) is 168 Å². The predicted molar refractivity (Wildman–Crippen MR) is 339 cm³/mol. The number of benzene rings is 2. The molecule has 6 aliphatic rings. The highest BCUT2D eigenvalue weighted by Crippen LogP contribution is 2.39. The van der Waals surface area contributed by atoms with E-state index in [1.807, 2.05) is 18.2 Å². The third-order valence-corrected chi connectivity index (χ3v) is 20.8. The van der Waals surface area contributed by atoms with E-state index in [0.717, 1.165) is 11.1 Å². The molecular formula is C64H90F2N12O10S2. The van der Waals surface area contributed by atoms with E-state index in [1.54, 1.807) is 34.6 Å². The smallest absolute Gasteiger partial charge is 0.245 e. The monoisotopic (exact) mass is 1290 g/mol. The molecule has 90 heavy (non-hydrogen) atoms. The number of carbonyl (C=O) groups excluding carboxylic acids is 9. The van der Waals surface area contributed by atoms with Gasteiger partial charge in [-0.2, -0.15) is 23.5 Å². The van der Waals surface area contributed by atoms with Gasteiger partial charge in [0.15, 0.2) is 0 Å². The highest BCUT2D eigenvalue weighted by molar-refractivity contribution is 7.98. The Bertz CT molecular complexity index is 3010. The molecule has 12 N–H and O–H groups in total. The van der Waals surface area contributed by atoms with Gasteiger partial charge in [-0.1, -0.05) is 24.3 Å². The van der Waals surface area contributed by atoms with E-state index in [2.05, 4.69) is 53.6 Å². The van der Waals surface area contributed by atoms with Crippen molar-refractivity contribution in [2.24, 2.45) is 23.5 Å². The molecule has 2 aromatic carbocycles. The van der Waals surface area contributed by atoms with E-state index in [-0.39, 0.29) is 87.1 Å². The Morgan fingerprint density at radius 1 is 0.644 bits per heavy atom. The second kappa shape index (κ2) is 33.3. The number of carbonyl (C=O) groups is 9. The van der Waals surface area contributed by atoms with Crippen LogP contribution in [0.3, 0.4) is 0 Å². The van der Waals surface area contributed by atoms with Gasteiger partial charge >= 0.3 is 0 Å². The molecule has 4 aliphatic heterocycles. The Balaban J connectivity index is 0.963. The van der Waals surface area contributed by atoms with Crippen molar-refractivity contribution in [3.8, 4) is 0 Å². The number of aromatic amines is 1. The number of aromatic nitrogens is 1. The summed E-state index contributed by atoms with van der Waals surface area (Å²) >= 11 is 3.21. The molecule has 9 amide bonds. The number of thioether (sulfide) groups is 2. The zero-order chi connectivity index (χ0) is 63.7. The molecule has 1 aromatic heterocycles. The minimum atomic E-state index is -1.42. The van der Waals surface area contributed by atoms with Crippen molar-refractivity contribution in [3.63, 3.8) is 0 Å². The first-order valence-electron chi connectivity index (χ1n) is 32.4. The van der Waals surface area contributed by atoms with Crippen LogP contribution in [-0.2, 0) is 61.1 Å². The molecule has 3 aromatic rings. The van der Waals surface area contributed by atoms with Crippen LogP contribution in [0.4, 0.5) is 8.78 Å². The minimum Gasteiger partial charge on any atom is -0.393 e. The number of H-pyrrole nitrogens is 1. The molecule has 26 heteroatoms. The molecule has 0 radical (unpaired) electrons. The zero-order valence-electron chi connectivity index (χ0n) is 51.2. The van der Waals surface area contributed by atoms with Crippen LogP contribution in [0, 0.1) is 23.6 Å². The predicted octanol–water partition coefficient (Wildman–Crippen LogP) is 2.88. The van der Waals surface area contributed by atoms with Gasteiger partial charge in [0, 0.05) is 78.6 Å². The van der Waals surface area contributed by atoms with Crippen LogP contribution in [0.25, 0.3) is 10.9 Å². The molecule has 22 nitrogen and oxygen atoms in total. The Morgan fingerprint density at radius 3 is 1.99 bits per heavy atom. The average molecular weight is 1290 g/mol. The second-order valence-corrected chi connectivity index (χ2v) is 27.4. The lowest BCUT2D eigenvalue weighted by molar-refractivity contribution is -0.143. The third kappa shape index (κ3) is 18.9. The van der Waals surface area contributed by atoms with Crippen LogP contribution in [0.5, 0.6) is 0 Å². The van der Waals surface area contributed by atoms with Gasteiger partial charge in [0.05, 0.1) is 19.2 Å². The molecule has 5 fully saturated rings. The molecule has 2 saturated carbocycles. The highest BCUT2D eigenvalue weighted by atomic mass is 32.2. The lowest BCUT2D eigenvalue weighted by atomic mass is 9.77. The number of aliphatic hydroxyl groups is 1. The lowest BCUT2D eigenvalue weighted by Gasteiger charge is -2.34. The van der Waals surface area contributed by atoms with Gasteiger partial charge in [0.25, 0.3) is 0 Å². The quantitative estimate of drug-likeness (QED) is 0.130. The fourth-order valence-electron chi connectivity index (χ4n) is 13.9. The fourth-order valence-corrected chi connectivity index (χ4v) is 15.6. The number of hydrogen-bond donors (Lipinski definition) is 11. The SMILES string of the molecule is NCCCC[C@@H]1NC(=O)CCSCc2cccc(c2)CSCCNC(=O)C2CCCN2C(=O)[C@H](CC2CCC(O)CC2)NC(=O)CNC(=O)[C@H]2CCCN2C(=O)[C@H](CC2CNC3CCC(F)CC23)NC(=O)[C@H](Cc2c[nH]c3ccc(F)cc23)NC(=O)CNC1=O. The number of rotatable bonds is 10. The van der Waals surface area contributed by atoms with Crippen LogP contribution in [-0.4, -0.2) is 185 Å². The summed E-state index contributed by atoms with van der Waals surface area (Å²) in [6.07, 6.45) is 6.92. The maximum Gasteiger partial charge on any atom is 0.245 e. The van der Waals surface area contributed by atoms with Crippen molar-refractivity contribution in [2.75, 3.05) is 57.3 Å². The van der Waals surface area contributed by atoms with Gasteiger partial charge in [-0.3, -0.25) is 43.2 Å². The number of nitrogens with two attached hydrogens (primary N) is 1. The van der Waals surface area contributed by atoms with E-state index in [4.69, 9.17) is 5.73 Å². The van der Waals surface area contributed by atoms with Gasteiger partial charge < -0.3 is 68.2 Å². The number of nitrogens with one attached hydrogen (secondary N) is 9. The molecule has 5 heterocycles. The lowest BCUT2D eigenvalue weighted by Crippen LogP contribution is -2.58. The first-order chi connectivity index (χ1) is 43.5. The van der Waals surface area contributed by atoms with E-state index >= 15 is 14.0 Å². The van der Waals surface area contributed by atoms with Crippen molar-refractivity contribution in [1.82, 2.24) is 57.3 Å². The standard InChI is InChI=1S/C64H90F2N12O10S2/c65-43-13-17-48-46(30-43)41(32-69-48)28-51-60(84)76-53(29-42-33-70-49-18-14-44(66)31-47(42)49)64(88)78-23-5-10-55(78)62(86)72-35-58(82)75-52(27-38-11-15-45(79)16-12-38)63(87)77-22-4-9-54(77)61(85)68-21-25-90-37-40-7-3-6-39(26-40)36-89-24-19-56(80)73-50(8-1-2-20-67)59(83)71-34-57(81)74-51/h3,6-7,13,17,26,30,32,38,42,44-45,47,49-55,69-70,79H,1-2,4-5,8-12,14-16,18-25,27-29,31,33-37,67H2,(H,68,85)(H,71,83)(H,72,86)(H,73,80)(H,74,81)(H,75,82)(H,76,84)/t38?,42?,44?,45?,47?,49?,50-,51-,52-,53-,54?,55+/m0/s1. The van der Waals surface area contributed by atoms with Crippen LogP contribution < -0.4 is 48.3 Å². The summed E-state index contributed by atoms with van der Waals surface area (Å²) in [5.74, 6) is -3.74. The molecule has 9 rings (SSSR count). The summed E-state index contributed by atoms with van der Waals surface area (Å²) < 4.78 is 29.9. The molecule has 2 bridgehead atoms. The van der Waals surface area contributed by atoms with E-state index in [0.29, 0.717) is 136 Å². The normalized spacial score (nSPS) is 30.0. The largest absolute Gasteiger partial charge is 0.393 e. The van der Waals surface area contributed by atoms with Crippen molar-refractivity contribution in [3.05, 3.63) is 71.2 Å². The van der Waals surface area contributed by atoms with Crippen molar-refractivity contribution < 1.29 is 57.0 Å². The number of aliphatic hydroxyl groups excluding tert-OH is 1. The first-order valence-corrected chi connectivity index (χ1v) is 34.7. The molecule has 2 aliphatic carbocycles. The number of unbranched alkanes of at least 4 members (excludes halogenated alkanes) is 1. The van der Waals surface area contributed by atoms with Gasteiger partial charge in [0.1, 0.15) is 48.2 Å². The van der Waals surface area contributed by atoms with Crippen LogP contribution in [0.15, 0.2) is 48.7 Å². The number of alkyl halides is 1. The Kier molecular flexibility index (Phi) is 25.2. The number of amides is 9. The molecule has 5 unspecified atom stereocenters. The van der Waals surface area contributed by atoms with Crippen molar-refractivity contribution in [2.45, 2.75) is 182 Å². The van der Waals surface area contributed by atoms with Crippen LogP contribution in [0.2, 0.25) is 0 Å². The number of fused-ring (bicyclic) bond motifs is 6. The molecule has 10 atom stereocenters. The summed E-state index contributed by atoms with van der Waals surface area (Å²) in [5, 5.41) is 34.0. The van der Waals surface area contributed by atoms with Gasteiger partial charge in [0.2, 0.25) is 53.2 Å². The maximum atomic E-state index is 15.2. The number of halogens is 2. The molecule has 0 spiro atoms. The summed E-state index contributed by atoms with van der Waals surface area (Å²) in [6, 6.07) is 5.65. The Hall–Kier alpha value is -6.35. The van der Waals surface area contributed by atoms with Gasteiger partial charge in [-0.15, -0.1) is 0 Å². The van der Waals surface area contributed by atoms with Gasteiger partial charge in [-0.25, -0.2) is 8.78 Å². The van der Waals surface area contributed by atoms with E-state index in [9.17, 15) is 43.1 Å². The molecule has 492 valence electrons. The summed E-state index contributed by atoms with van der Waals surface area (Å²) in [6.45, 7) is 0.449. The summed E-state index contributed by atoms with van der Waals surface area (Å²) in [4.78, 5) is 134. The average Bonchev–Trinajstić information content (AvgIpc) is 2.09. The zero-order valence-corrected chi connectivity index (χ0v) is 52.9. The van der Waals surface area contributed by atoms with Crippen molar-refractivity contribution >= 4 is 87.6 Å².